The van der Waals surface area contributed by atoms with E-state index in [0.29, 0.717) is 0 Å². The monoisotopic (exact) mass is 86.0 g/mol. The first-order valence-electron chi connectivity index (χ1n) is 1.18. The zero-order chi connectivity index (χ0) is 3.54. The smallest absolute Gasteiger partial charge is 0.182 e. The molecular formula is C2H2N2S. The van der Waals surface area contributed by atoms with E-state index < -0.39 is 0 Å². The van der Waals surface area contributed by atoms with Gasteiger partial charge in [0, 0.05) is 11.9 Å². The minimum absolute atomic E-state index is 1.28. The lowest BCUT2D eigenvalue weighted by atomic mass is 11.2. The van der Waals surface area contributed by atoms with Crippen molar-refractivity contribution in [2.45, 2.75) is 0 Å². The minimum Gasteiger partial charge on any atom is -0.354 e. The topological polar surface area (TPSA) is 24.4 Å². The standard InChI is InChI=1S/C2H2N2S/c1-3-2-5-4-1/h1H,(H,3,4). The third kappa shape index (κ3) is 0.545. The van der Waals surface area contributed by atoms with Crippen molar-refractivity contribution in [1.29, 1.82) is 0 Å². The summed E-state index contributed by atoms with van der Waals surface area (Å²) in [6, 6.07) is 0. The molecule has 5 heavy (non-hydrogen) atoms. The molecule has 0 aromatic rings. The summed E-state index contributed by atoms with van der Waals surface area (Å²) in [6.07, 6.45) is 1.59. The fraction of sp³-hybridized carbons (Fsp3) is 0. The zero-order valence-electron chi connectivity index (χ0n) is 2.43. The Hall–Kier alpha value is -0.180. The summed E-state index contributed by atoms with van der Waals surface area (Å²) in [6.45, 7) is 0. The Morgan fingerprint density at radius 3 is 3.20 bits per heavy atom. The first-order chi connectivity index (χ1) is 2.50. The van der Waals surface area contributed by atoms with Crippen LogP contribution in [0.15, 0.2) is 4.40 Å². The van der Waals surface area contributed by atoms with E-state index in [2.05, 4.69) is 15.6 Å². The number of nitrogens with one attached hydrogen (secondary N) is 1. The fourth-order valence-electron chi connectivity index (χ4n) is 0.132. The van der Waals surface area contributed by atoms with Crippen molar-refractivity contribution in [2.24, 2.45) is 4.40 Å². The van der Waals surface area contributed by atoms with Crippen LogP contribution in [0.1, 0.15) is 0 Å². The molecule has 26 valence electrons. The molecule has 1 rings (SSSR count). The quantitative estimate of drug-likeness (QED) is 0.428. The van der Waals surface area contributed by atoms with Gasteiger partial charge in [0.2, 0.25) is 0 Å². The summed E-state index contributed by atoms with van der Waals surface area (Å²) < 4.78 is 3.65. The van der Waals surface area contributed by atoms with Crippen molar-refractivity contribution in [3.8, 4) is 0 Å². The molecular weight excluding hydrogens is 84.1 g/mol. The maximum atomic E-state index is 3.65. The van der Waals surface area contributed by atoms with Gasteiger partial charge in [0.1, 0.15) is 0 Å². The third-order valence-electron chi connectivity index (χ3n) is 0.275. The Morgan fingerprint density at radius 2 is 3.00 bits per heavy atom. The van der Waals surface area contributed by atoms with Crippen LogP contribution in [0.5, 0.6) is 0 Å². The highest BCUT2D eigenvalue weighted by Gasteiger charge is 1.86. The van der Waals surface area contributed by atoms with Crippen LogP contribution in [0.25, 0.3) is 0 Å². The Kier molecular flexibility index (Phi) is 0.792. The molecule has 0 aliphatic carbocycles. The molecule has 3 heteroatoms. The molecule has 0 saturated heterocycles. The van der Waals surface area contributed by atoms with Gasteiger partial charge in [-0.15, -0.1) is 0 Å². The molecule has 0 spiro atoms. The molecule has 2 nitrogen and oxygen atoms in total. The average Bonchev–Trinajstić information content (AvgIpc) is 1.76. The van der Waals surface area contributed by atoms with Gasteiger partial charge in [-0.3, -0.25) is 0 Å². The summed E-state index contributed by atoms with van der Waals surface area (Å²) in [5, 5.41) is 2.64. The van der Waals surface area contributed by atoms with Crippen LogP contribution < -0.4 is 5.32 Å². The summed E-state index contributed by atoms with van der Waals surface area (Å²) in [5.41, 5.74) is 0. The normalized spacial score (nSPS) is 19.2. The van der Waals surface area contributed by atoms with Crippen LogP contribution in [-0.2, 0) is 0 Å². The summed E-state index contributed by atoms with van der Waals surface area (Å²) in [4.78, 5) is 0. The molecule has 0 aromatic carbocycles. The number of hydrogen-bond acceptors (Lipinski definition) is 3. The maximum Gasteiger partial charge on any atom is 0.182 e. The molecule has 0 fully saturated rings. The average molecular weight is 86.1 g/mol. The Morgan fingerprint density at radius 1 is 2.00 bits per heavy atom. The van der Waals surface area contributed by atoms with Crippen molar-refractivity contribution in [3.63, 3.8) is 0 Å². The van der Waals surface area contributed by atoms with E-state index in [1.165, 1.54) is 11.9 Å². The predicted molar refractivity (Wildman–Crippen MR) is 22.5 cm³/mol. The molecule has 0 amide bonds. The van der Waals surface area contributed by atoms with E-state index in [0.717, 1.165) is 0 Å². The van der Waals surface area contributed by atoms with Crippen molar-refractivity contribution >= 4 is 18.3 Å². The van der Waals surface area contributed by atoms with Crippen molar-refractivity contribution in [2.75, 3.05) is 0 Å². The molecule has 1 N–H and O–H groups in total. The molecule has 1 heterocycles. The molecule has 0 aromatic heterocycles. The van der Waals surface area contributed by atoms with Gasteiger partial charge in [0.15, 0.2) is 5.88 Å². The molecule has 1 aliphatic heterocycles. The van der Waals surface area contributed by atoms with Gasteiger partial charge in [-0.1, -0.05) is 0 Å². The highest BCUT2D eigenvalue weighted by Crippen LogP contribution is 2.04. The third-order valence-corrected chi connectivity index (χ3v) is 0.694. The van der Waals surface area contributed by atoms with Crippen LogP contribution in [0, 0.1) is 5.88 Å². The SMILES string of the molecule is [C]1NC=NS1. The molecule has 0 atom stereocenters. The lowest BCUT2D eigenvalue weighted by Crippen LogP contribution is -1.94. The van der Waals surface area contributed by atoms with E-state index in [9.17, 15) is 0 Å². The summed E-state index contributed by atoms with van der Waals surface area (Å²) in [7, 11) is 0. The lowest BCUT2D eigenvalue weighted by Gasteiger charge is -1.69. The van der Waals surface area contributed by atoms with Crippen molar-refractivity contribution < 1.29 is 0 Å². The molecule has 0 bridgehead atoms. The first-order valence-corrected chi connectivity index (χ1v) is 1.96. The molecule has 0 saturated carbocycles. The first kappa shape index (κ1) is 3.03. The van der Waals surface area contributed by atoms with Gasteiger partial charge < -0.3 is 5.32 Å². The van der Waals surface area contributed by atoms with Gasteiger partial charge in [0.05, 0.1) is 6.34 Å². The molecule has 0 unspecified atom stereocenters. The fourth-order valence-corrected chi connectivity index (χ4v) is 0.395. The lowest BCUT2D eigenvalue weighted by molar-refractivity contribution is 1.32. The number of rotatable bonds is 0. The largest absolute Gasteiger partial charge is 0.354 e. The second-order valence-corrected chi connectivity index (χ2v) is 1.17. The van der Waals surface area contributed by atoms with Crippen LogP contribution in [0.3, 0.4) is 0 Å². The van der Waals surface area contributed by atoms with Crippen LogP contribution in [0.2, 0.25) is 0 Å². The van der Waals surface area contributed by atoms with E-state index in [4.69, 9.17) is 0 Å². The van der Waals surface area contributed by atoms with Crippen LogP contribution >= 0.6 is 11.9 Å². The van der Waals surface area contributed by atoms with Gasteiger partial charge in [-0.05, 0) is 0 Å². The highest BCUT2D eigenvalue weighted by molar-refractivity contribution is 8.00. The Balaban J connectivity index is 2.32. The zero-order valence-corrected chi connectivity index (χ0v) is 3.25. The highest BCUT2D eigenvalue weighted by atomic mass is 32.2. The van der Waals surface area contributed by atoms with Crippen molar-refractivity contribution in [1.82, 2.24) is 5.32 Å². The molecule has 2 radical (unpaired) electrons. The van der Waals surface area contributed by atoms with Gasteiger partial charge in [0.25, 0.3) is 0 Å². The van der Waals surface area contributed by atoms with Crippen molar-refractivity contribution in [3.05, 3.63) is 5.88 Å². The number of hydrogen-bond donors (Lipinski definition) is 1. The second kappa shape index (κ2) is 1.31. The maximum absolute atomic E-state index is 3.65. The van der Waals surface area contributed by atoms with Crippen LogP contribution in [0.4, 0.5) is 0 Å². The molecule has 1 aliphatic rings. The minimum atomic E-state index is 1.28. The van der Waals surface area contributed by atoms with E-state index in [1.54, 1.807) is 6.34 Å². The van der Waals surface area contributed by atoms with E-state index >= 15 is 0 Å². The van der Waals surface area contributed by atoms with E-state index in [-0.39, 0.29) is 0 Å². The Bertz CT molecular complexity index is 45.6. The summed E-state index contributed by atoms with van der Waals surface area (Å²) in [5.74, 6) is 2.67. The Labute approximate surface area is 34.8 Å². The van der Waals surface area contributed by atoms with Gasteiger partial charge in [-0.2, -0.15) is 0 Å². The van der Waals surface area contributed by atoms with Crippen LogP contribution in [-0.4, -0.2) is 6.34 Å². The predicted octanol–water partition coefficient (Wildman–Crippen LogP) is 0.262. The van der Waals surface area contributed by atoms with E-state index in [1.807, 2.05) is 0 Å². The second-order valence-electron chi connectivity index (χ2n) is 0.572. The number of nitrogens with zero attached hydrogens (tertiary/aromatic N) is 1. The summed E-state index contributed by atoms with van der Waals surface area (Å²) >= 11 is 1.28. The van der Waals surface area contributed by atoms with Gasteiger partial charge >= 0.3 is 0 Å². The van der Waals surface area contributed by atoms with Gasteiger partial charge in [-0.25, -0.2) is 4.40 Å².